The van der Waals surface area contributed by atoms with Gasteiger partial charge in [0.15, 0.2) is 0 Å². The molecule has 0 bridgehead atoms. The Morgan fingerprint density at radius 3 is 1.87 bits per heavy atom. The second-order valence-electron chi connectivity index (χ2n) is 4.67. The highest BCUT2D eigenvalue weighted by Crippen LogP contribution is 2.36. The monoisotopic (exact) mass is 327 g/mol. The normalized spacial score (nSPS) is 12.6. The maximum Gasteiger partial charge on any atom is 0.573 e. The summed E-state index contributed by atoms with van der Waals surface area (Å²) in [6, 6.07) is 9.97. The number of halogens is 3. The molecule has 23 heavy (non-hydrogen) atoms. The fourth-order valence-electron chi connectivity index (χ4n) is 2.23. The fraction of sp³-hybridized carbons (Fsp3) is 0.250. The molecule has 0 aliphatic heterocycles. The van der Waals surface area contributed by atoms with Crippen LogP contribution in [0.4, 0.5) is 13.2 Å². The fourth-order valence-corrected chi connectivity index (χ4v) is 2.23. The molecule has 2 aromatic carbocycles. The predicted molar refractivity (Wildman–Crippen MR) is 78.7 cm³/mol. The summed E-state index contributed by atoms with van der Waals surface area (Å²) >= 11 is 0. The number of alkyl halides is 3. The predicted octanol–water partition coefficient (Wildman–Crippen LogP) is 3.65. The highest BCUT2D eigenvalue weighted by atomic mass is 19.4. The van der Waals surface area contributed by atoms with Crippen LogP contribution in [0.15, 0.2) is 42.5 Å². The van der Waals surface area contributed by atoms with Gasteiger partial charge in [0.2, 0.25) is 0 Å². The number of nitrogens with two attached hydrogens (primary N) is 1. The van der Waals surface area contributed by atoms with Gasteiger partial charge < -0.3 is 19.9 Å². The molecule has 2 rings (SSSR count). The molecule has 0 aliphatic rings. The van der Waals surface area contributed by atoms with E-state index < -0.39 is 12.4 Å². The highest BCUT2D eigenvalue weighted by molar-refractivity contribution is 5.50. The molecule has 0 unspecified atom stereocenters. The molecule has 0 amide bonds. The summed E-state index contributed by atoms with van der Waals surface area (Å²) in [6.07, 6.45) is -4.73. The van der Waals surface area contributed by atoms with Crippen LogP contribution in [0.25, 0.3) is 0 Å². The molecule has 0 radical (unpaired) electrons. The molecule has 124 valence electrons. The van der Waals surface area contributed by atoms with Crippen molar-refractivity contribution in [2.24, 2.45) is 5.73 Å². The van der Waals surface area contributed by atoms with E-state index in [-0.39, 0.29) is 5.75 Å². The van der Waals surface area contributed by atoms with Crippen molar-refractivity contribution in [3.8, 4) is 17.2 Å². The van der Waals surface area contributed by atoms with Gasteiger partial charge in [0.05, 0.1) is 25.8 Å². The minimum Gasteiger partial charge on any atom is -0.496 e. The Bertz CT molecular complexity index is 634. The van der Waals surface area contributed by atoms with Crippen molar-refractivity contribution < 1.29 is 27.4 Å². The van der Waals surface area contributed by atoms with Crippen LogP contribution in [-0.2, 0) is 0 Å². The Kier molecular flexibility index (Phi) is 5.00. The SMILES string of the molecule is COc1cccc(OC)c1[C@H](N)c1ccc(OC(F)(F)F)cc1. The zero-order valence-corrected chi connectivity index (χ0v) is 12.6. The molecular formula is C16H16F3NO3. The maximum absolute atomic E-state index is 12.2. The lowest BCUT2D eigenvalue weighted by Crippen LogP contribution is -2.17. The van der Waals surface area contributed by atoms with Crippen LogP contribution < -0.4 is 19.9 Å². The van der Waals surface area contributed by atoms with Gasteiger partial charge in [-0.15, -0.1) is 13.2 Å². The molecule has 0 aliphatic carbocycles. The lowest BCUT2D eigenvalue weighted by Gasteiger charge is -2.19. The number of ether oxygens (including phenoxy) is 3. The molecule has 0 heterocycles. The van der Waals surface area contributed by atoms with Crippen LogP contribution in [0.1, 0.15) is 17.2 Å². The lowest BCUT2D eigenvalue weighted by atomic mass is 9.97. The van der Waals surface area contributed by atoms with Crippen molar-refractivity contribution in [1.29, 1.82) is 0 Å². The van der Waals surface area contributed by atoms with Crippen LogP contribution in [0.3, 0.4) is 0 Å². The molecule has 0 aromatic heterocycles. The van der Waals surface area contributed by atoms with Crippen molar-refractivity contribution in [3.63, 3.8) is 0 Å². The van der Waals surface area contributed by atoms with E-state index in [4.69, 9.17) is 15.2 Å². The average Bonchev–Trinajstić information content (AvgIpc) is 2.52. The number of rotatable bonds is 5. The van der Waals surface area contributed by atoms with E-state index >= 15 is 0 Å². The van der Waals surface area contributed by atoms with Crippen molar-refractivity contribution >= 4 is 0 Å². The number of hydrogen-bond donors (Lipinski definition) is 1. The lowest BCUT2D eigenvalue weighted by molar-refractivity contribution is -0.274. The molecule has 2 N–H and O–H groups in total. The van der Waals surface area contributed by atoms with Crippen LogP contribution in [-0.4, -0.2) is 20.6 Å². The van der Waals surface area contributed by atoms with E-state index in [0.717, 1.165) is 0 Å². The van der Waals surface area contributed by atoms with Crippen molar-refractivity contribution in [3.05, 3.63) is 53.6 Å². The minimum absolute atomic E-state index is 0.305. The van der Waals surface area contributed by atoms with E-state index in [1.165, 1.54) is 38.5 Å². The summed E-state index contributed by atoms with van der Waals surface area (Å²) in [6.45, 7) is 0. The Balaban J connectivity index is 2.32. The average molecular weight is 327 g/mol. The van der Waals surface area contributed by atoms with Gasteiger partial charge in [0.25, 0.3) is 0 Å². The molecule has 0 saturated heterocycles. The summed E-state index contributed by atoms with van der Waals surface area (Å²) in [7, 11) is 3.01. The van der Waals surface area contributed by atoms with Gasteiger partial charge in [0, 0.05) is 0 Å². The summed E-state index contributed by atoms with van der Waals surface area (Å²) in [5, 5.41) is 0. The number of benzene rings is 2. The second kappa shape index (κ2) is 6.78. The zero-order chi connectivity index (χ0) is 17.0. The van der Waals surface area contributed by atoms with E-state index in [0.29, 0.717) is 22.6 Å². The summed E-state index contributed by atoms with van der Waals surface area (Å²) in [4.78, 5) is 0. The first kappa shape index (κ1) is 17.0. The molecule has 0 saturated carbocycles. The largest absolute Gasteiger partial charge is 0.573 e. The second-order valence-corrected chi connectivity index (χ2v) is 4.67. The first-order chi connectivity index (χ1) is 10.9. The van der Waals surface area contributed by atoms with Crippen molar-refractivity contribution in [2.75, 3.05) is 14.2 Å². The van der Waals surface area contributed by atoms with Crippen LogP contribution >= 0.6 is 0 Å². The minimum atomic E-state index is -4.73. The van der Waals surface area contributed by atoms with E-state index in [1.54, 1.807) is 18.2 Å². The Morgan fingerprint density at radius 1 is 0.913 bits per heavy atom. The Hall–Kier alpha value is -2.41. The summed E-state index contributed by atoms with van der Waals surface area (Å²) in [5.74, 6) is 0.764. The maximum atomic E-state index is 12.2. The molecular weight excluding hydrogens is 311 g/mol. The first-order valence-corrected chi connectivity index (χ1v) is 6.68. The van der Waals surface area contributed by atoms with Crippen LogP contribution in [0, 0.1) is 0 Å². The summed E-state index contributed by atoms with van der Waals surface area (Å²) in [5.41, 5.74) is 7.44. The third kappa shape index (κ3) is 4.07. The number of hydrogen-bond acceptors (Lipinski definition) is 4. The molecule has 2 aromatic rings. The molecule has 4 nitrogen and oxygen atoms in total. The Labute approximate surface area is 131 Å². The number of methoxy groups -OCH3 is 2. The molecule has 0 fully saturated rings. The van der Waals surface area contributed by atoms with Gasteiger partial charge in [-0.05, 0) is 29.8 Å². The standard InChI is InChI=1S/C16H16F3NO3/c1-21-12-4-3-5-13(22-2)14(12)15(20)10-6-8-11(9-7-10)23-16(17,18)19/h3-9,15H,20H2,1-2H3/t15-/m1/s1. The molecule has 0 spiro atoms. The third-order valence-corrected chi connectivity index (χ3v) is 3.25. The van der Waals surface area contributed by atoms with Crippen LogP contribution in [0.5, 0.6) is 17.2 Å². The molecule has 7 heteroatoms. The smallest absolute Gasteiger partial charge is 0.496 e. The van der Waals surface area contributed by atoms with Crippen molar-refractivity contribution in [1.82, 2.24) is 0 Å². The van der Waals surface area contributed by atoms with E-state index in [2.05, 4.69) is 4.74 Å². The molecule has 1 atom stereocenters. The van der Waals surface area contributed by atoms with Gasteiger partial charge in [0.1, 0.15) is 17.2 Å². The zero-order valence-electron chi connectivity index (χ0n) is 12.6. The van der Waals surface area contributed by atoms with Gasteiger partial charge >= 0.3 is 6.36 Å². The van der Waals surface area contributed by atoms with Gasteiger partial charge in [-0.1, -0.05) is 18.2 Å². The highest BCUT2D eigenvalue weighted by Gasteiger charge is 2.31. The van der Waals surface area contributed by atoms with Crippen LogP contribution in [0.2, 0.25) is 0 Å². The van der Waals surface area contributed by atoms with Crippen molar-refractivity contribution in [2.45, 2.75) is 12.4 Å². The first-order valence-electron chi connectivity index (χ1n) is 6.68. The van der Waals surface area contributed by atoms with Gasteiger partial charge in [-0.25, -0.2) is 0 Å². The third-order valence-electron chi connectivity index (χ3n) is 3.25. The van der Waals surface area contributed by atoms with E-state index in [9.17, 15) is 13.2 Å². The van der Waals surface area contributed by atoms with Gasteiger partial charge in [-0.2, -0.15) is 0 Å². The summed E-state index contributed by atoms with van der Waals surface area (Å²) < 4.78 is 51.0. The van der Waals surface area contributed by atoms with Gasteiger partial charge in [-0.3, -0.25) is 0 Å². The Morgan fingerprint density at radius 2 is 1.43 bits per heavy atom. The quantitative estimate of drug-likeness (QED) is 0.911. The van der Waals surface area contributed by atoms with E-state index in [1.807, 2.05) is 0 Å². The topological polar surface area (TPSA) is 53.7 Å².